The molecule has 0 aliphatic carbocycles. The van der Waals surface area contributed by atoms with Crippen molar-refractivity contribution < 1.29 is 19.6 Å². The molecule has 78 valence electrons. The highest BCUT2D eigenvalue weighted by Crippen LogP contribution is 1.85. The summed E-state index contributed by atoms with van der Waals surface area (Å²) in [6.07, 6.45) is 4.92. The minimum atomic E-state index is -1.83. The van der Waals surface area contributed by atoms with Gasteiger partial charge < -0.3 is 10.2 Å². The Balaban J connectivity index is 0.000000364. The lowest BCUT2D eigenvalue weighted by Gasteiger charge is -1.91. The maximum atomic E-state index is 8.56. The number of pyridine rings is 1. The van der Waals surface area contributed by atoms with Crippen molar-refractivity contribution in [2.75, 3.05) is 0 Å². The third kappa shape index (κ3) is 8.52. The molecule has 1 rings (SSSR count). The quantitative estimate of drug-likeness (QED) is 0.730. The number of carboxylic acid groups (broad SMARTS) is 2. The van der Waals surface area contributed by atoms with Crippen molar-refractivity contribution >= 4 is 6.16 Å². The van der Waals surface area contributed by atoms with E-state index >= 15 is 0 Å². The normalized spacial score (nSPS) is 8.64. The van der Waals surface area contributed by atoms with Crippen molar-refractivity contribution in [2.24, 2.45) is 0 Å². The van der Waals surface area contributed by atoms with E-state index in [1.54, 1.807) is 0 Å². The lowest BCUT2D eigenvalue weighted by Crippen LogP contribution is -2.31. The zero-order valence-electron chi connectivity index (χ0n) is 8.26. The fraction of sp³-hybridized carbons (Fsp3) is 0.400. The fourth-order valence-corrected chi connectivity index (χ4v) is 0.924. The number of aryl methyl sites for hydroxylation is 1. The van der Waals surface area contributed by atoms with Crippen LogP contribution in [0.2, 0.25) is 0 Å². The highest BCUT2D eigenvalue weighted by atomic mass is 16.6. The first kappa shape index (κ1) is 12.4. The smallest absolute Gasteiger partial charge is 0.450 e. The number of aromatic nitrogens is 1. The molecule has 1 aromatic rings. The van der Waals surface area contributed by atoms with Crippen LogP contribution in [-0.4, -0.2) is 16.4 Å². The van der Waals surface area contributed by atoms with Crippen LogP contribution in [0.1, 0.15) is 19.8 Å². The lowest BCUT2D eigenvalue weighted by molar-refractivity contribution is -0.697. The lowest BCUT2D eigenvalue weighted by atomic mass is 10.3. The molecule has 0 amide bonds. The van der Waals surface area contributed by atoms with E-state index in [2.05, 4.69) is 36.0 Å². The van der Waals surface area contributed by atoms with Gasteiger partial charge in [-0.05, 0) is 0 Å². The monoisotopic (exact) mass is 198 g/mol. The molecular formula is C10H16NO3+. The number of hydrogen-bond acceptors (Lipinski definition) is 1. The molecule has 0 aliphatic rings. The van der Waals surface area contributed by atoms with Gasteiger partial charge in [0.1, 0.15) is 6.54 Å². The molecule has 0 saturated heterocycles. The summed E-state index contributed by atoms with van der Waals surface area (Å²) in [6.45, 7) is 3.36. The van der Waals surface area contributed by atoms with Crippen LogP contribution in [0.25, 0.3) is 0 Å². The zero-order valence-corrected chi connectivity index (χ0v) is 8.26. The van der Waals surface area contributed by atoms with Crippen molar-refractivity contribution in [3.05, 3.63) is 30.6 Å². The second kappa shape index (κ2) is 8.04. The topological polar surface area (TPSA) is 61.4 Å². The Hall–Kier alpha value is -1.58. The standard InChI is InChI=1S/C9H14N.CH2O3/c1-2-3-7-10-8-5-4-6-9-10;2-1(3)4/h4-6,8-9H,2-3,7H2,1H3;(H2,2,3,4)/q+1;. The van der Waals surface area contributed by atoms with Crippen molar-refractivity contribution in [1.82, 2.24) is 0 Å². The Morgan fingerprint density at radius 2 is 1.71 bits per heavy atom. The van der Waals surface area contributed by atoms with E-state index in [0.29, 0.717) is 0 Å². The van der Waals surface area contributed by atoms with Crippen LogP contribution in [-0.2, 0) is 6.54 Å². The molecule has 0 aromatic carbocycles. The molecule has 0 saturated carbocycles. The Labute approximate surface area is 83.4 Å². The molecule has 0 bridgehead atoms. The molecular weight excluding hydrogens is 182 g/mol. The number of rotatable bonds is 3. The van der Waals surface area contributed by atoms with Crippen LogP contribution in [0, 0.1) is 0 Å². The Morgan fingerprint density at radius 1 is 1.21 bits per heavy atom. The summed E-state index contributed by atoms with van der Waals surface area (Å²) in [7, 11) is 0. The van der Waals surface area contributed by atoms with Crippen LogP contribution in [0.4, 0.5) is 4.79 Å². The Bertz CT molecular complexity index is 245. The van der Waals surface area contributed by atoms with Gasteiger partial charge in [-0.2, -0.15) is 0 Å². The number of nitrogens with zero attached hydrogens (tertiary/aromatic N) is 1. The SMILES string of the molecule is CCCC[n+]1ccccc1.O=C(O)O. The van der Waals surface area contributed by atoms with Gasteiger partial charge in [-0.1, -0.05) is 19.4 Å². The van der Waals surface area contributed by atoms with Gasteiger partial charge in [0, 0.05) is 18.6 Å². The van der Waals surface area contributed by atoms with Crippen LogP contribution < -0.4 is 4.57 Å². The molecule has 4 heteroatoms. The summed E-state index contributed by atoms with van der Waals surface area (Å²) in [4.78, 5) is 8.56. The minimum absolute atomic E-state index is 1.15. The van der Waals surface area contributed by atoms with Gasteiger partial charge in [-0.25, -0.2) is 9.36 Å². The molecule has 1 heterocycles. The molecule has 0 radical (unpaired) electrons. The number of carbonyl (C=O) groups is 1. The molecule has 2 N–H and O–H groups in total. The van der Waals surface area contributed by atoms with Crippen molar-refractivity contribution in [3.63, 3.8) is 0 Å². The molecule has 0 atom stereocenters. The molecule has 14 heavy (non-hydrogen) atoms. The van der Waals surface area contributed by atoms with Gasteiger partial charge in [-0.3, -0.25) is 0 Å². The largest absolute Gasteiger partial charge is 0.503 e. The first-order chi connectivity index (χ1) is 6.66. The van der Waals surface area contributed by atoms with E-state index in [1.165, 1.54) is 12.8 Å². The predicted molar refractivity (Wildman–Crippen MR) is 52.2 cm³/mol. The predicted octanol–water partition coefficient (Wildman–Crippen LogP) is 2.00. The average molecular weight is 198 g/mol. The first-order valence-corrected chi connectivity index (χ1v) is 4.52. The van der Waals surface area contributed by atoms with E-state index < -0.39 is 6.16 Å². The summed E-state index contributed by atoms with van der Waals surface area (Å²) in [6, 6.07) is 6.17. The highest BCUT2D eigenvalue weighted by molar-refractivity contribution is 5.53. The van der Waals surface area contributed by atoms with Gasteiger partial charge in [0.25, 0.3) is 0 Å². The summed E-state index contributed by atoms with van der Waals surface area (Å²) < 4.78 is 2.21. The third-order valence-electron chi connectivity index (χ3n) is 1.55. The third-order valence-corrected chi connectivity index (χ3v) is 1.55. The molecule has 0 spiro atoms. The molecule has 0 fully saturated rings. The van der Waals surface area contributed by atoms with E-state index in [1.807, 2.05) is 6.07 Å². The van der Waals surface area contributed by atoms with Gasteiger partial charge in [0.05, 0.1) is 0 Å². The molecule has 4 nitrogen and oxygen atoms in total. The number of unbranched alkanes of at least 4 members (excludes halogenated alkanes) is 1. The first-order valence-electron chi connectivity index (χ1n) is 4.52. The van der Waals surface area contributed by atoms with Gasteiger partial charge in [-0.15, -0.1) is 0 Å². The summed E-state index contributed by atoms with van der Waals surface area (Å²) in [5.74, 6) is 0. The van der Waals surface area contributed by atoms with E-state index in [0.717, 1.165) is 6.54 Å². The van der Waals surface area contributed by atoms with Crippen molar-refractivity contribution in [3.8, 4) is 0 Å². The van der Waals surface area contributed by atoms with Crippen molar-refractivity contribution in [1.29, 1.82) is 0 Å². The summed E-state index contributed by atoms with van der Waals surface area (Å²) in [5, 5.41) is 13.9. The Morgan fingerprint density at radius 3 is 2.14 bits per heavy atom. The summed E-state index contributed by atoms with van der Waals surface area (Å²) >= 11 is 0. The van der Waals surface area contributed by atoms with E-state index in [4.69, 9.17) is 15.0 Å². The van der Waals surface area contributed by atoms with E-state index in [-0.39, 0.29) is 0 Å². The molecule has 1 aromatic heterocycles. The van der Waals surface area contributed by atoms with Gasteiger partial charge in [0.15, 0.2) is 12.4 Å². The minimum Gasteiger partial charge on any atom is -0.450 e. The molecule has 0 aliphatic heterocycles. The van der Waals surface area contributed by atoms with Gasteiger partial charge in [0.2, 0.25) is 0 Å². The number of hydrogen-bond donors (Lipinski definition) is 2. The second-order valence-corrected chi connectivity index (χ2v) is 2.75. The van der Waals surface area contributed by atoms with Crippen LogP contribution in [0.3, 0.4) is 0 Å². The van der Waals surface area contributed by atoms with Gasteiger partial charge >= 0.3 is 6.16 Å². The summed E-state index contributed by atoms with van der Waals surface area (Å²) in [5.41, 5.74) is 0. The maximum absolute atomic E-state index is 8.56. The zero-order chi connectivity index (χ0) is 10.8. The van der Waals surface area contributed by atoms with Crippen LogP contribution in [0.15, 0.2) is 30.6 Å². The highest BCUT2D eigenvalue weighted by Gasteiger charge is 1.93. The molecule has 0 unspecified atom stereocenters. The maximum Gasteiger partial charge on any atom is 0.503 e. The average Bonchev–Trinajstić information content (AvgIpc) is 2.15. The fourth-order valence-electron chi connectivity index (χ4n) is 0.924. The van der Waals surface area contributed by atoms with Crippen LogP contribution in [0.5, 0.6) is 0 Å². The Kier molecular flexibility index (Phi) is 7.13. The van der Waals surface area contributed by atoms with Crippen LogP contribution >= 0.6 is 0 Å². The second-order valence-electron chi connectivity index (χ2n) is 2.75. The van der Waals surface area contributed by atoms with Crippen molar-refractivity contribution in [2.45, 2.75) is 26.3 Å². The van der Waals surface area contributed by atoms with E-state index in [9.17, 15) is 0 Å².